The fourth-order valence-electron chi connectivity index (χ4n) is 1.77. The topological polar surface area (TPSA) is 80.9 Å². The van der Waals surface area contributed by atoms with Gasteiger partial charge in [0.2, 0.25) is 0 Å². The van der Waals surface area contributed by atoms with Gasteiger partial charge in [0.1, 0.15) is 0 Å². The molecule has 7 heteroatoms. The fourth-order valence-corrected chi connectivity index (χ4v) is 3.10. The summed E-state index contributed by atoms with van der Waals surface area (Å²) in [5.41, 5.74) is 8.73. The maximum absolute atomic E-state index is 12.2. The van der Waals surface area contributed by atoms with E-state index in [2.05, 4.69) is 13.3 Å². The quantitative estimate of drug-likeness (QED) is 0.548. The molecule has 0 bridgehead atoms. The van der Waals surface area contributed by atoms with E-state index in [-0.39, 0.29) is 20.9 Å². The van der Waals surface area contributed by atoms with Crippen LogP contribution in [-0.2, 0) is 0 Å². The molecule has 20 heavy (non-hydrogen) atoms. The second kappa shape index (κ2) is 5.25. The van der Waals surface area contributed by atoms with Crippen LogP contribution in [0.4, 0.5) is 11.4 Å². The minimum absolute atomic E-state index is 0.131. The first-order chi connectivity index (χ1) is 9.65. The van der Waals surface area contributed by atoms with Gasteiger partial charge in [0.25, 0.3) is 0 Å². The number of aromatic nitrogens is 2. The Morgan fingerprint density at radius 1 is 1.25 bits per heavy atom. The van der Waals surface area contributed by atoms with Crippen LogP contribution >= 0.6 is 11.6 Å². The number of rotatable bonds is 2. The van der Waals surface area contributed by atoms with Crippen molar-refractivity contribution in [1.82, 2.24) is 7.96 Å². The van der Waals surface area contributed by atoms with Crippen LogP contribution in [0.3, 0.4) is 0 Å². The van der Waals surface area contributed by atoms with Crippen LogP contribution in [0.25, 0.3) is 11.0 Å². The number of nitrogen functional groups attached to an aromatic ring is 1. The first-order valence-corrected chi connectivity index (χ1v) is 7.64. The Bertz CT molecular complexity index is 802. The molecule has 0 radical (unpaired) electrons. The van der Waals surface area contributed by atoms with Gasteiger partial charge in [-0.15, -0.1) is 0 Å². The third-order valence-corrected chi connectivity index (χ3v) is 4.26. The van der Waals surface area contributed by atoms with E-state index in [1.807, 2.05) is 12.1 Å². The summed E-state index contributed by atoms with van der Waals surface area (Å²) in [4.78, 5) is 12.2. The van der Waals surface area contributed by atoms with E-state index in [0.29, 0.717) is 22.0 Å². The molecule has 2 aromatic carbocycles. The maximum atomic E-state index is 12.2. The van der Waals surface area contributed by atoms with Crippen LogP contribution in [0.15, 0.2) is 36.4 Å². The number of hydrogen-bond acceptors (Lipinski definition) is 4. The average molecular weight is 352 g/mol. The molecule has 3 N–H and O–H groups in total. The molecule has 100 valence electrons. The average Bonchev–Trinajstić information content (AvgIpc) is 2.91. The number of hydrogen-bond donors (Lipinski definition) is 2. The number of anilines is 2. The van der Waals surface area contributed by atoms with E-state index in [1.54, 1.807) is 24.3 Å². The molecule has 0 saturated carbocycles. The third kappa shape index (κ3) is 2.41. The van der Waals surface area contributed by atoms with E-state index in [1.165, 1.54) is 0 Å². The van der Waals surface area contributed by atoms with E-state index < -0.39 is 0 Å². The van der Waals surface area contributed by atoms with Crippen molar-refractivity contribution in [3.05, 3.63) is 47.0 Å². The van der Waals surface area contributed by atoms with Gasteiger partial charge in [0.15, 0.2) is 0 Å². The zero-order valence-electron chi connectivity index (χ0n) is 10.1. The molecule has 0 saturated heterocycles. The summed E-state index contributed by atoms with van der Waals surface area (Å²) in [6, 6.07) is 10.3. The SMILES string of the molecule is Nc1ccc(C(=O)Nc2cccc3n[se]nc23)cc1Cl. The predicted molar refractivity (Wildman–Crippen MR) is 80.3 cm³/mol. The van der Waals surface area contributed by atoms with Crippen molar-refractivity contribution in [2.45, 2.75) is 0 Å². The van der Waals surface area contributed by atoms with Gasteiger partial charge in [-0.1, -0.05) is 0 Å². The Kier molecular flexibility index (Phi) is 3.44. The molecule has 5 nitrogen and oxygen atoms in total. The number of benzene rings is 2. The summed E-state index contributed by atoms with van der Waals surface area (Å²) >= 11 is 5.79. The molecule has 0 atom stereocenters. The fraction of sp³-hybridized carbons (Fsp3) is 0. The molecular weight excluding hydrogens is 343 g/mol. The Morgan fingerprint density at radius 3 is 2.90 bits per heavy atom. The Hall–Kier alpha value is -1.88. The van der Waals surface area contributed by atoms with Crippen molar-refractivity contribution in [3.8, 4) is 0 Å². The Morgan fingerprint density at radius 2 is 2.10 bits per heavy atom. The van der Waals surface area contributed by atoms with Crippen molar-refractivity contribution in [2.75, 3.05) is 11.1 Å². The number of carbonyl (C=O) groups is 1. The van der Waals surface area contributed by atoms with E-state index >= 15 is 0 Å². The summed E-state index contributed by atoms with van der Waals surface area (Å²) in [5, 5.41) is 3.18. The van der Waals surface area contributed by atoms with Gasteiger partial charge in [-0.25, -0.2) is 0 Å². The van der Waals surface area contributed by atoms with Crippen LogP contribution in [0.2, 0.25) is 5.02 Å². The van der Waals surface area contributed by atoms with Crippen molar-refractivity contribution >= 4 is 54.9 Å². The van der Waals surface area contributed by atoms with Crippen LogP contribution in [0.1, 0.15) is 10.4 Å². The minimum atomic E-state index is -0.255. The number of amides is 1. The molecule has 1 amide bonds. The van der Waals surface area contributed by atoms with E-state index in [9.17, 15) is 4.79 Å². The zero-order chi connectivity index (χ0) is 14.1. The number of fused-ring (bicyclic) bond motifs is 1. The number of carbonyl (C=O) groups excluding carboxylic acids is 1. The molecule has 0 fully saturated rings. The van der Waals surface area contributed by atoms with Gasteiger partial charge in [0.05, 0.1) is 0 Å². The monoisotopic (exact) mass is 352 g/mol. The van der Waals surface area contributed by atoms with Crippen molar-refractivity contribution < 1.29 is 4.79 Å². The normalized spacial score (nSPS) is 10.7. The predicted octanol–water partition coefficient (Wildman–Crippen LogP) is 2.17. The van der Waals surface area contributed by atoms with E-state index in [4.69, 9.17) is 17.3 Å². The van der Waals surface area contributed by atoms with Crippen LogP contribution in [0, 0.1) is 0 Å². The summed E-state index contributed by atoms with van der Waals surface area (Å²) in [6.45, 7) is 0. The first kappa shape index (κ1) is 13.1. The standard InChI is InChI=1S/C13H9ClN4OSe/c14-8-6-7(4-5-9(8)15)13(19)16-10-2-1-3-11-12(10)18-20-17-11/h1-6H,15H2,(H,16,19). The molecule has 1 heterocycles. The molecule has 0 aliphatic heterocycles. The van der Waals surface area contributed by atoms with Crippen LogP contribution in [0.5, 0.6) is 0 Å². The first-order valence-electron chi connectivity index (χ1n) is 5.73. The van der Waals surface area contributed by atoms with Crippen molar-refractivity contribution in [1.29, 1.82) is 0 Å². The van der Waals surface area contributed by atoms with Gasteiger partial charge in [0, 0.05) is 0 Å². The number of halogens is 1. The number of nitrogens with two attached hydrogens (primary N) is 1. The molecule has 0 aliphatic rings. The van der Waals surface area contributed by atoms with E-state index in [0.717, 1.165) is 11.0 Å². The molecule has 1 aromatic heterocycles. The second-order valence-electron chi connectivity index (χ2n) is 4.13. The van der Waals surface area contributed by atoms with Crippen LogP contribution < -0.4 is 11.1 Å². The third-order valence-electron chi connectivity index (χ3n) is 2.80. The molecule has 0 aliphatic carbocycles. The van der Waals surface area contributed by atoms with Gasteiger partial charge < -0.3 is 0 Å². The molecule has 3 rings (SSSR count). The Labute approximate surface area is 126 Å². The molecule has 3 aromatic rings. The van der Waals surface area contributed by atoms with Gasteiger partial charge in [-0.05, 0) is 0 Å². The van der Waals surface area contributed by atoms with Gasteiger partial charge in [-0.3, -0.25) is 0 Å². The van der Waals surface area contributed by atoms with Crippen molar-refractivity contribution in [2.24, 2.45) is 0 Å². The second-order valence-corrected chi connectivity index (χ2v) is 5.64. The van der Waals surface area contributed by atoms with Crippen molar-refractivity contribution in [3.63, 3.8) is 0 Å². The molecular formula is C13H9ClN4OSe. The summed E-state index contributed by atoms with van der Waals surface area (Å²) < 4.78 is 8.59. The van der Waals surface area contributed by atoms with Gasteiger partial charge >= 0.3 is 126 Å². The summed E-state index contributed by atoms with van der Waals surface area (Å²) in [5.74, 6) is -0.255. The number of nitrogens with one attached hydrogen (secondary N) is 1. The molecule has 0 spiro atoms. The summed E-state index contributed by atoms with van der Waals surface area (Å²) in [7, 11) is 0. The van der Waals surface area contributed by atoms with Gasteiger partial charge in [-0.2, -0.15) is 0 Å². The number of nitrogens with zero attached hydrogens (tertiary/aromatic N) is 2. The Balaban J connectivity index is 1.92. The zero-order valence-corrected chi connectivity index (χ0v) is 12.6. The van der Waals surface area contributed by atoms with Crippen LogP contribution in [-0.4, -0.2) is 28.8 Å². The summed E-state index contributed by atoms with van der Waals surface area (Å²) in [6.07, 6.45) is 0. The molecule has 0 unspecified atom stereocenters.